The van der Waals surface area contributed by atoms with E-state index in [1.54, 1.807) is 0 Å². The monoisotopic (exact) mass is 344 g/mol. The number of piperazine rings is 1. The molecule has 1 fully saturated rings. The highest BCUT2D eigenvalue weighted by molar-refractivity contribution is 7.90. The Morgan fingerprint density at radius 1 is 1.17 bits per heavy atom. The van der Waals surface area contributed by atoms with Crippen LogP contribution in [0.3, 0.4) is 0 Å². The van der Waals surface area contributed by atoms with E-state index in [2.05, 4.69) is 40.7 Å². The Labute approximate surface area is 138 Å². The van der Waals surface area contributed by atoms with E-state index in [-0.39, 0.29) is 17.7 Å². The summed E-state index contributed by atoms with van der Waals surface area (Å²) < 4.78 is 27.7. The van der Waals surface area contributed by atoms with Crippen LogP contribution < -0.4 is 0 Å². The molecule has 132 valence electrons. The van der Waals surface area contributed by atoms with Crippen molar-refractivity contribution in [2.75, 3.05) is 44.7 Å². The van der Waals surface area contributed by atoms with Crippen LogP contribution in [0.5, 0.6) is 0 Å². The van der Waals surface area contributed by atoms with Gasteiger partial charge in [0.1, 0.15) is 9.84 Å². The minimum absolute atomic E-state index is 0.119. The van der Waals surface area contributed by atoms with Crippen LogP contribution >= 0.6 is 0 Å². The van der Waals surface area contributed by atoms with E-state index >= 15 is 0 Å². The summed E-state index contributed by atoms with van der Waals surface area (Å²) in [4.78, 5) is 9.14. The van der Waals surface area contributed by atoms with Gasteiger partial charge in [0.2, 0.25) is 5.89 Å². The molecule has 0 amide bonds. The Bertz CT molecular complexity index is 592. The molecule has 1 saturated heterocycles. The average molecular weight is 344 g/mol. The van der Waals surface area contributed by atoms with Crippen LogP contribution in [-0.2, 0) is 9.84 Å². The summed E-state index contributed by atoms with van der Waals surface area (Å²) >= 11 is 0. The molecule has 1 atom stereocenters. The lowest BCUT2D eigenvalue weighted by molar-refractivity contribution is 0.0885. The van der Waals surface area contributed by atoms with Gasteiger partial charge >= 0.3 is 0 Å². The zero-order valence-electron chi connectivity index (χ0n) is 14.5. The van der Waals surface area contributed by atoms with Gasteiger partial charge in [-0.3, -0.25) is 4.90 Å². The van der Waals surface area contributed by atoms with E-state index in [0.717, 1.165) is 38.5 Å². The number of hydrogen-bond acceptors (Lipinski definition) is 7. The van der Waals surface area contributed by atoms with Crippen molar-refractivity contribution in [1.82, 2.24) is 19.9 Å². The molecule has 0 N–H and O–H groups in total. The maximum atomic E-state index is 11.2. The summed E-state index contributed by atoms with van der Waals surface area (Å²) in [5, 5.41) is 4.03. The lowest BCUT2D eigenvalue weighted by Crippen LogP contribution is -2.47. The van der Waals surface area contributed by atoms with Gasteiger partial charge in [-0.15, -0.1) is 0 Å². The number of rotatable bonds is 7. The molecule has 0 saturated carbocycles. The standard InChI is InChI=1S/C15H28N4O3S/c1-12(2)14-16-15(22-17-14)13(3)19-9-7-18(8-10-19)6-5-11-23(4,20)21/h12-13H,5-11H2,1-4H3. The fraction of sp³-hybridized carbons (Fsp3) is 0.867. The van der Waals surface area contributed by atoms with Crippen LogP contribution in [-0.4, -0.2) is 73.1 Å². The smallest absolute Gasteiger partial charge is 0.243 e. The summed E-state index contributed by atoms with van der Waals surface area (Å²) in [6.07, 6.45) is 2.00. The Hall–Kier alpha value is -0.990. The SMILES string of the molecule is CC(C)c1noc(C(C)N2CCN(CCCS(C)(=O)=O)CC2)n1. The van der Waals surface area contributed by atoms with Gasteiger partial charge < -0.3 is 9.42 Å². The second-order valence-corrected chi connectivity index (χ2v) is 8.94. The topological polar surface area (TPSA) is 79.5 Å². The molecule has 8 heteroatoms. The van der Waals surface area contributed by atoms with Crippen molar-refractivity contribution >= 4 is 9.84 Å². The Morgan fingerprint density at radius 3 is 2.35 bits per heavy atom. The van der Waals surface area contributed by atoms with Crippen molar-refractivity contribution in [1.29, 1.82) is 0 Å². The highest BCUT2D eigenvalue weighted by Gasteiger charge is 2.26. The van der Waals surface area contributed by atoms with Crippen LogP contribution in [0.1, 0.15) is 50.9 Å². The third kappa shape index (κ3) is 5.54. The van der Waals surface area contributed by atoms with Crippen molar-refractivity contribution in [3.8, 4) is 0 Å². The third-order valence-corrected chi connectivity index (χ3v) is 5.31. The third-order valence-electron chi connectivity index (χ3n) is 4.28. The summed E-state index contributed by atoms with van der Waals surface area (Å²) in [6.45, 7) is 10.8. The van der Waals surface area contributed by atoms with Gasteiger partial charge in [0, 0.05) is 38.4 Å². The average Bonchev–Trinajstić information content (AvgIpc) is 2.96. The fourth-order valence-corrected chi connectivity index (χ4v) is 3.39. The predicted molar refractivity (Wildman–Crippen MR) is 89.1 cm³/mol. The molecule has 0 aromatic carbocycles. The molecule has 23 heavy (non-hydrogen) atoms. The zero-order chi connectivity index (χ0) is 17.0. The molecule has 1 aromatic rings. The molecule has 0 aliphatic carbocycles. The maximum absolute atomic E-state index is 11.2. The van der Waals surface area contributed by atoms with Crippen LogP contribution in [0.15, 0.2) is 4.52 Å². The largest absolute Gasteiger partial charge is 0.338 e. The first kappa shape index (κ1) is 18.4. The quantitative estimate of drug-likeness (QED) is 0.737. The first-order valence-electron chi connectivity index (χ1n) is 8.24. The first-order valence-corrected chi connectivity index (χ1v) is 10.3. The molecule has 0 radical (unpaired) electrons. The van der Waals surface area contributed by atoms with E-state index in [4.69, 9.17) is 4.52 Å². The molecule has 1 aliphatic heterocycles. The Kier molecular flexibility index (Phi) is 6.16. The predicted octanol–water partition coefficient (Wildman–Crippen LogP) is 1.31. The van der Waals surface area contributed by atoms with Gasteiger partial charge in [-0.2, -0.15) is 4.98 Å². The number of nitrogens with zero attached hydrogens (tertiary/aromatic N) is 4. The Balaban J connectivity index is 1.79. The van der Waals surface area contributed by atoms with E-state index < -0.39 is 9.84 Å². The molecular formula is C15H28N4O3S. The summed E-state index contributed by atoms with van der Waals surface area (Å²) in [7, 11) is -2.85. The van der Waals surface area contributed by atoms with E-state index in [1.807, 2.05) is 0 Å². The molecule has 2 heterocycles. The molecule has 7 nitrogen and oxygen atoms in total. The summed E-state index contributed by atoms with van der Waals surface area (Å²) in [5.41, 5.74) is 0. The first-order chi connectivity index (χ1) is 10.8. The number of hydrogen-bond donors (Lipinski definition) is 0. The van der Waals surface area contributed by atoms with Crippen molar-refractivity contribution in [3.63, 3.8) is 0 Å². The van der Waals surface area contributed by atoms with E-state index in [0.29, 0.717) is 12.3 Å². The van der Waals surface area contributed by atoms with E-state index in [9.17, 15) is 8.42 Å². The van der Waals surface area contributed by atoms with Gasteiger partial charge in [0.05, 0.1) is 11.8 Å². The lowest BCUT2D eigenvalue weighted by atomic mass is 10.2. The zero-order valence-corrected chi connectivity index (χ0v) is 15.3. The Morgan fingerprint density at radius 2 is 1.83 bits per heavy atom. The highest BCUT2D eigenvalue weighted by Crippen LogP contribution is 2.21. The second-order valence-electron chi connectivity index (χ2n) is 6.68. The molecule has 2 rings (SSSR count). The van der Waals surface area contributed by atoms with Crippen molar-refractivity contribution < 1.29 is 12.9 Å². The minimum atomic E-state index is -2.85. The van der Waals surface area contributed by atoms with Gasteiger partial charge in [-0.25, -0.2) is 8.42 Å². The fourth-order valence-electron chi connectivity index (χ4n) is 2.73. The van der Waals surface area contributed by atoms with Crippen molar-refractivity contribution in [3.05, 3.63) is 11.7 Å². The van der Waals surface area contributed by atoms with Gasteiger partial charge in [-0.1, -0.05) is 19.0 Å². The molecular weight excluding hydrogens is 316 g/mol. The van der Waals surface area contributed by atoms with Gasteiger partial charge in [-0.05, 0) is 19.9 Å². The lowest BCUT2D eigenvalue weighted by Gasteiger charge is -2.36. The minimum Gasteiger partial charge on any atom is -0.338 e. The van der Waals surface area contributed by atoms with Crippen LogP contribution in [0.4, 0.5) is 0 Å². The highest BCUT2D eigenvalue weighted by atomic mass is 32.2. The maximum Gasteiger partial charge on any atom is 0.243 e. The summed E-state index contributed by atoms with van der Waals surface area (Å²) in [5.74, 6) is 1.97. The second kappa shape index (κ2) is 7.72. The molecule has 0 spiro atoms. The summed E-state index contributed by atoms with van der Waals surface area (Å²) in [6, 6.07) is 0.119. The molecule has 1 unspecified atom stereocenters. The number of sulfone groups is 1. The van der Waals surface area contributed by atoms with Crippen molar-refractivity contribution in [2.24, 2.45) is 0 Å². The van der Waals surface area contributed by atoms with Gasteiger partial charge in [0.15, 0.2) is 5.82 Å². The van der Waals surface area contributed by atoms with Crippen molar-refractivity contribution in [2.45, 2.75) is 39.2 Å². The van der Waals surface area contributed by atoms with Gasteiger partial charge in [0.25, 0.3) is 0 Å². The molecule has 1 aliphatic rings. The van der Waals surface area contributed by atoms with Crippen LogP contribution in [0.25, 0.3) is 0 Å². The van der Waals surface area contributed by atoms with Crippen LogP contribution in [0.2, 0.25) is 0 Å². The normalized spacial score (nSPS) is 19.3. The van der Waals surface area contributed by atoms with Crippen LogP contribution in [0, 0.1) is 0 Å². The number of aromatic nitrogens is 2. The molecule has 0 bridgehead atoms. The molecule has 1 aromatic heterocycles. The van der Waals surface area contributed by atoms with E-state index in [1.165, 1.54) is 6.26 Å².